The van der Waals surface area contributed by atoms with E-state index in [-0.39, 0.29) is 18.2 Å². The molecule has 7 nitrogen and oxygen atoms in total. The van der Waals surface area contributed by atoms with Crippen molar-refractivity contribution in [3.8, 4) is 5.75 Å². The molecule has 0 bridgehead atoms. The molecule has 0 radical (unpaired) electrons. The molecular weight excluding hydrogens is 442 g/mol. The van der Waals surface area contributed by atoms with E-state index in [2.05, 4.69) is 52.7 Å². The molecule has 1 heterocycles. The molecule has 24 heavy (non-hydrogen) atoms. The summed E-state index contributed by atoms with van der Waals surface area (Å²) in [6, 6.07) is 10.8. The zero-order valence-corrected chi connectivity index (χ0v) is 15.3. The first kappa shape index (κ1) is 16.6. The van der Waals surface area contributed by atoms with Crippen LogP contribution >= 0.6 is 31.9 Å². The minimum Gasteiger partial charge on any atom is -0.506 e. The Balaban J connectivity index is 1.68. The zero-order chi connectivity index (χ0) is 17.1. The van der Waals surface area contributed by atoms with Gasteiger partial charge in [-0.05, 0) is 40.2 Å². The van der Waals surface area contributed by atoms with Crippen molar-refractivity contribution in [3.63, 3.8) is 0 Å². The Morgan fingerprint density at radius 3 is 2.96 bits per heavy atom. The Morgan fingerprint density at radius 1 is 1.33 bits per heavy atom. The van der Waals surface area contributed by atoms with E-state index in [0.29, 0.717) is 10.0 Å². The number of phenols is 1. The van der Waals surface area contributed by atoms with Gasteiger partial charge in [-0.1, -0.05) is 33.3 Å². The molecule has 3 aromatic rings. The van der Waals surface area contributed by atoms with Gasteiger partial charge in [0.15, 0.2) is 0 Å². The molecule has 1 amide bonds. The van der Waals surface area contributed by atoms with Crippen molar-refractivity contribution >= 4 is 55.0 Å². The van der Waals surface area contributed by atoms with Crippen molar-refractivity contribution in [1.82, 2.24) is 20.4 Å². The molecule has 0 aliphatic carbocycles. The van der Waals surface area contributed by atoms with Crippen molar-refractivity contribution in [2.45, 2.75) is 6.54 Å². The summed E-state index contributed by atoms with van der Waals surface area (Å²) in [7, 11) is 0. The molecule has 0 aliphatic rings. The number of aromatic nitrogens is 3. The molecule has 0 saturated heterocycles. The van der Waals surface area contributed by atoms with Crippen molar-refractivity contribution in [1.29, 1.82) is 0 Å². The molecule has 1 aromatic heterocycles. The highest BCUT2D eigenvalue weighted by Gasteiger charge is 2.08. The van der Waals surface area contributed by atoms with E-state index in [0.717, 1.165) is 15.5 Å². The van der Waals surface area contributed by atoms with Crippen LogP contribution in [0.25, 0.3) is 11.0 Å². The summed E-state index contributed by atoms with van der Waals surface area (Å²) in [4.78, 5) is 12.0. The molecule has 2 N–H and O–H groups in total. The lowest BCUT2D eigenvalue weighted by Crippen LogP contribution is -2.23. The molecule has 2 aromatic carbocycles. The van der Waals surface area contributed by atoms with Crippen LogP contribution in [0.1, 0.15) is 5.56 Å². The van der Waals surface area contributed by atoms with Gasteiger partial charge < -0.3 is 5.11 Å². The lowest BCUT2D eigenvalue weighted by atomic mass is 10.2. The number of halogens is 2. The standard InChI is InChI=1S/C15H11Br2N5O2/c16-10-5-9(15(24)11(17)6-10)7-18-20-14(23)8-22-13-4-2-1-3-12(13)19-21-22/h1-7,24H,8H2,(H,20,23)/b18-7-. The average Bonchev–Trinajstić information content (AvgIpc) is 2.95. The van der Waals surface area contributed by atoms with Gasteiger partial charge in [-0.25, -0.2) is 10.1 Å². The average molecular weight is 453 g/mol. The highest BCUT2D eigenvalue weighted by atomic mass is 79.9. The summed E-state index contributed by atoms with van der Waals surface area (Å²) in [6.07, 6.45) is 1.36. The summed E-state index contributed by atoms with van der Waals surface area (Å²) in [5.74, 6) is -0.311. The van der Waals surface area contributed by atoms with E-state index in [4.69, 9.17) is 0 Å². The van der Waals surface area contributed by atoms with Crippen LogP contribution in [0.3, 0.4) is 0 Å². The van der Waals surface area contributed by atoms with Crippen LogP contribution in [0.4, 0.5) is 0 Å². The number of rotatable bonds is 4. The van der Waals surface area contributed by atoms with Gasteiger partial charge in [0.25, 0.3) is 5.91 Å². The van der Waals surface area contributed by atoms with E-state index >= 15 is 0 Å². The Hall–Kier alpha value is -2.26. The van der Waals surface area contributed by atoms with E-state index in [1.165, 1.54) is 10.9 Å². The van der Waals surface area contributed by atoms with Crippen LogP contribution in [-0.4, -0.2) is 32.2 Å². The van der Waals surface area contributed by atoms with Gasteiger partial charge in [0.05, 0.1) is 16.2 Å². The van der Waals surface area contributed by atoms with Gasteiger partial charge in [0.2, 0.25) is 0 Å². The minimum absolute atomic E-state index is 0.00792. The van der Waals surface area contributed by atoms with E-state index < -0.39 is 0 Å². The number of hydrazone groups is 1. The molecule has 0 atom stereocenters. The largest absolute Gasteiger partial charge is 0.506 e. The number of aromatic hydroxyl groups is 1. The SMILES string of the molecule is O=C(Cn1nnc2ccccc21)N/N=C\c1cc(Br)cc(Br)c1O. The van der Waals surface area contributed by atoms with Crippen LogP contribution in [0.5, 0.6) is 5.75 Å². The minimum atomic E-state index is -0.351. The van der Waals surface area contributed by atoms with Crippen molar-refractivity contribution in [3.05, 3.63) is 50.9 Å². The Bertz CT molecular complexity index is 939. The molecule has 3 rings (SSSR count). The number of carbonyl (C=O) groups excluding carboxylic acids is 1. The third-order valence-corrected chi connectivity index (χ3v) is 4.23. The number of hydrogen-bond donors (Lipinski definition) is 2. The predicted molar refractivity (Wildman–Crippen MR) is 96.8 cm³/mol. The third kappa shape index (κ3) is 3.62. The molecule has 9 heteroatoms. The maximum Gasteiger partial charge on any atom is 0.261 e. The van der Waals surface area contributed by atoms with Crippen LogP contribution in [-0.2, 0) is 11.3 Å². The van der Waals surface area contributed by atoms with Crippen molar-refractivity contribution in [2.75, 3.05) is 0 Å². The highest BCUT2D eigenvalue weighted by molar-refractivity contribution is 9.11. The smallest absolute Gasteiger partial charge is 0.261 e. The van der Waals surface area contributed by atoms with Gasteiger partial charge in [-0.15, -0.1) is 5.10 Å². The lowest BCUT2D eigenvalue weighted by Gasteiger charge is -2.03. The number of hydrogen-bond acceptors (Lipinski definition) is 5. The number of fused-ring (bicyclic) bond motifs is 1. The number of carbonyl (C=O) groups is 1. The summed E-state index contributed by atoms with van der Waals surface area (Å²) in [6.45, 7) is -0.00792. The van der Waals surface area contributed by atoms with E-state index in [1.807, 2.05) is 24.3 Å². The van der Waals surface area contributed by atoms with Crippen LogP contribution in [0, 0.1) is 0 Å². The monoisotopic (exact) mass is 451 g/mol. The van der Waals surface area contributed by atoms with Gasteiger partial charge in [-0.2, -0.15) is 5.10 Å². The Morgan fingerprint density at radius 2 is 2.12 bits per heavy atom. The maximum atomic E-state index is 12.0. The Labute approximate surface area is 153 Å². The fourth-order valence-electron chi connectivity index (χ4n) is 2.06. The first-order valence-electron chi connectivity index (χ1n) is 6.83. The second kappa shape index (κ2) is 7.10. The van der Waals surface area contributed by atoms with E-state index in [9.17, 15) is 9.90 Å². The topological polar surface area (TPSA) is 92.4 Å². The predicted octanol–water partition coefficient (Wildman–Crippen LogP) is 2.81. The number of nitrogens with zero attached hydrogens (tertiary/aromatic N) is 4. The van der Waals surface area contributed by atoms with Crippen LogP contribution < -0.4 is 5.43 Å². The first-order chi connectivity index (χ1) is 11.5. The maximum absolute atomic E-state index is 12.0. The summed E-state index contributed by atoms with van der Waals surface area (Å²) in [5.41, 5.74) is 4.35. The number of para-hydroxylation sites is 1. The third-order valence-electron chi connectivity index (χ3n) is 3.16. The van der Waals surface area contributed by atoms with Crippen LogP contribution in [0.15, 0.2) is 50.4 Å². The molecule has 122 valence electrons. The highest BCUT2D eigenvalue weighted by Crippen LogP contribution is 2.30. The number of benzene rings is 2. The molecule has 0 unspecified atom stereocenters. The molecule has 0 saturated carbocycles. The number of nitrogens with one attached hydrogen (secondary N) is 1. The van der Waals surface area contributed by atoms with Crippen molar-refractivity contribution < 1.29 is 9.90 Å². The summed E-state index contributed by atoms with van der Waals surface area (Å²) in [5, 5.41) is 21.7. The van der Waals surface area contributed by atoms with E-state index in [1.54, 1.807) is 12.1 Å². The summed E-state index contributed by atoms with van der Waals surface area (Å²) < 4.78 is 2.79. The van der Waals surface area contributed by atoms with Crippen molar-refractivity contribution in [2.24, 2.45) is 5.10 Å². The number of phenolic OH excluding ortho intramolecular Hbond substituents is 1. The quantitative estimate of drug-likeness (QED) is 0.470. The van der Waals surface area contributed by atoms with Gasteiger partial charge in [0, 0.05) is 10.0 Å². The summed E-state index contributed by atoms with van der Waals surface area (Å²) >= 11 is 6.56. The van der Waals surface area contributed by atoms with Crippen LogP contribution in [0.2, 0.25) is 0 Å². The number of amides is 1. The second-order valence-corrected chi connectivity index (χ2v) is 6.62. The second-order valence-electron chi connectivity index (χ2n) is 4.85. The lowest BCUT2D eigenvalue weighted by molar-refractivity contribution is -0.121. The fourth-order valence-corrected chi connectivity index (χ4v) is 3.32. The van der Waals surface area contributed by atoms with Gasteiger partial charge >= 0.3 is 0 Å². The normalized spacial score (nSPS) is 11.2. The van der Waals surface area contributed by atoms with Gasteiger partial charge in [-0.3, -0.25) is 4.79 Å². The zero-order valence-electron chi connectivity index (χ0n) is 12.1. The Kier molecular flexibility index (Phi) is 4.91. The first-order valence-corrected chi connectivity index (χ1v) is 8.41. The molecule has 0 spiro atoms. The molecule has 0 aliphatic heterocycles. The van der Waals surface area contributed by atoms with Gasteiger partial charge in [0.1, 0.15) is 17.8 Å². The molecular formula is C15H11Br2N5O2. The fraction of sp³-hybridized carbons (Fsp3) is 0.0667. The molecule has 0 fully saturated rings.